The number of benzene rings is 1. The van der Waals surface area contributed by atoms with Crippen molar-refractivity contribution in [3.8, 4) is 0 Å². The molecule has 8 heteroatoms. The minimum Gasteiger partial charge on any atom is -0.353 e. The summed E-state index contributed by atoms with van der Waals surface area (Å²) in [4.78, 5) is 39.4. The number of nitrogens with zero attached hydrogens (tertiary/aromatic N) is 1. The maximum atomic E-state index is 13.0. The topological polar surface area (TPSA) is 78.5 Å². The van der Waals surface area contributed by atoms with Crippen molar-refractivity contribution in [3.63, 3.8) is 0 Å². The van der Waals surface area contributed by atoms with E-state index in [9.17, 15) is 18.8 Å². The molecule has 1 saturated carbocycles. The van der Waals surface area contributed by atoms with Crippen molar-refractivity contribution in [1.82, 2.24) is 10.2 Å². The first-order chi connectivity index (χ1) is 14.9. The Balaban J connectivity index is 1.43. The van der Waals surface area contributed by atoms with Crippen molar-refractivity contribution in [3.05, 3.63) is 30.1 Å². The number of halogens is 1. The Morgan fingerprint density at radius 3 is 2.52 bits per heavy atom. The summed E-state index contributed by atoms with van der Waals surface area (Å²) in [6.07, 6.45) is 7.31. The highest BCUT2D eigenvalue weighted by Crippen LogP contribution is 2.23. The fourth-order valence-electron chi connectivity index (χ4n) is 4.22. The van der Waals surface area contributed by atoms with E-state index in [2.05, 4.69) is 10.6 Å². The van der Waals surface area contributed by atoms with Crippen LogP contribution in [-0.2, 0) is 14.4 Å². The van der Waals surface area contributed by atoms with Gasteiger partial charge >= 0.3 is 0 Å². The van der Waals surface area contributed by atoms with Crippen molar-refractivity contribution in [2.45, 2.75) is 63.2 Å². The third-order valence-corrected chi connectivity index (χ3v) is 7.13. The van der Waals surface area contributed by atoms with Crippen LogP contribution in [0.15, 0.2) is 24.3 Å². The SMILES string of the molecule is CC(SCC(=O)Nc1ccc(F)cc1)C(=O)N1CCCC(C(=O)NC2CCCCC2)C1. The molecule has 0 aromatic heterocycles. The maximum absolute atomic E-state index is 13.0. The summed E-state index contributed by atoms with van der Waals surface area (Å²) in [5, 5.41) is 5.51. The van der Waals surface area contributed by atoms with Gasteiger partial charge < -0.3 is 15.5 Å². The highest BCUT2D eigenvalue weighted by molar-refractivity contribution is 8.01. The van der Waals surface area contributed by atoms with Crippen LogP contribution in [0.5, 0.6) is 0 Å². The Bertz CT molecular complexity index is 768. The fourth-order valence-corrected chi connectivity index (χ4v) is 4.98. The molecule has 2 atom stereocenters. The molecule has 3 rings (SSSR count). The van der Waals surface area contributed by atoms with Crippen LogP contribution in [0.4, 0.5) is 10.1 Å². The molecule has 0 bridgehead atoms. The average molecular weight is 450 g/mol. The molecule has 2 N–H and O–H groups in total. The Labute approximate surface area is 187 Å². The Kier molecular flexibility index (Phi) is 8.75. The number of hydrogen-bond acceptors (Lipinski definition) is 4. The Hall–Kier alpha value is -2.09. The van der Waals surface area contributed by atoms with Crippen LogP contribution < -0.4 is 10.6 Å². The molecule has 3 amide bonds. The lowest BCUT2D eigenvalue weighted by Gasteiger charge is -2.34. The number of hydrogen-bond donors (Lipinski definition) is 2. The lowest BCUT2D eigenvalue weighted by molar-refractivity contribution is -0.135. The van der Waals surface area contributed by atoms with Gasteiger partial charge in [-0.1, -0.05) is 19.3 Å². The molecule has 6 nitrogen and oxygen atoms in total. The minimum absolute atomic E-state index is 0.0326. The normalized spacial score (nSPS) is 20.7. The fraction of sp³-hybridized carbons (Fsp3) is 0.609. The lowest BCUT2D eigenvalue weighted by atomic mass is 9.93. The number of nitrogens with one attached hydrogen (secondary N) is 2. The van der Waals surface area contributed by atoms with E-state index in [1.54, 1.807) is 11.8 Å². The van der Waals surface area contributed by atoms with Gasteiger partial charge in [-0.15, -0.1) is 11.8 Å². The van der Waals surface area contributed by atoms with E-state index in [-0.39, 0.29) is 46.5 Å². The van der Waals surface area contributed by atoms with Gasteiger partial charge in [-0.05, 0) is 56.9 Å². The third kappa shape index (κ3) is 7.23. The van der Waals surface area contributed by atoms with E-state index >= 15 is 0 Å². The van der Waals surface area contributed by atoms with Crippen LogP contribution in [0.2, 0.25) is 0 Å². The molecule has 0 radical (unpaired) electrons. The summed E-state index contributed by atoms with van der Waals surface area (Å²) >= 11 is 1.27. The number of rotatable bonds is 7. The summed E-state index contributed by atoms with van der Waals surface area (Å²) in [6, 6.07) is 5.84. The predicted molar refractivity (Wildman–Crippen MR) is 121 cm³/mol. The molecule has 0 spiro atoms. The molecule has 2 fully saturated rings. The molecular weight excluding hydrogens is 417 g/mol. The lowest BCUT2D eigenvalue weighted by Crippen LogP contribution is -2.49. The van der Waals surface area contributed by atoms with E-state index in [0.29, 0.717) is 18.8 Å². The van der Waals surface area contributed by atoms with Gasteiger partial charge in [0.1, 0.15) is 5.82 Å². The zero-order valence-corrected chi connectivity index (χ0v) is 18.9. The highest BCUT2D eigenvalue weighted by Gasteiger charge is 2.31. The first-order valence-corrected chi connectivity index (χ1v) is 12.2. The number of likely N-dealkylation sites (tertiary alicyclic amines) is 1. The van der Waals surface area contributed by atoms with Crippen molar-refractivity contribution in [2.75, 3.05) is 24.2 Å². The van der Waals surface area contributed by atoms with E-state index < -0.39 is 0 Å². The molecule has 2 aliphatic rings. The van der Waals surface area contributed by atoms with Crippen molar-refractivity contribution >= 4 is 35.2 Å². The zero-order chi connectivity index (χ0) is 22.2. The molecule has 31 heavy (non-hydrogen) atoms. The van der Waals surface area contributed by atoms with E-state index in [0.717, 1.165) is 25.7 Å². The number of amides is 3. The van der Waals surface area contributed by atoms with Crippen LogP contribution in [0.25, 0.3) is 0 Å². The van der Waals surface area contributed by atoms with Gasteiger partial charge in [0.15, 0.2) is 0 Å². The number of anilines is 1. The molecule has 2 unspecified atom stereocenters. The first kappa shape index (κ1) is 23.6. The van der Waals surface area contributed by atoms with Crippen molar-refractivity contribution < 1.29 is 18.8 Å². The second-order valence-corrected chi connectivity index (χ2v) is 9.80. The van der Waals surface area contributed by atoms with Crippen LogP contribution in [0.3, 0.4) is 0 Å². The van der Waals surface area contributed by atoms with Gasteiger partial charge in [0.25, 0.3) is 0 Å². The Morgan fingerprint density at radius 2 is 1.81 bits per heavy atom. The zero-order valence-electron chi connectivity index (χ0n) is 18.1. The van der Waals surface area contributed by atoms with Crippen LogP contribution >= 0.6 is 11.8 Å². The standard InChI is InChI=1S/C23H32FN3O3S/c1-16(31-15-21(28)25-20-11-9-18(24)10-12-20)23(30)27-13-5-6-17(14-27)22(29)26-19-7-3-2-4-8-19/h9-12,16-17,19H,2-8,13-15H2,1H3,(H,25,28)(H,26,29). The van der Waals surface area contributed by atoms with Gasteiger partial charge in [0.2, 0.25) is 17.7 Å². The molecular formula is C23H32FN3O3S. The summed E-state index contributed by atoms with van der Waals surface area (Å²) in [5.74, 6) is -0.584. The van der Waals surface area contributed by atoms with E-state index in [4.69, 9.17) is 0 Å². The number of carbonyl (C=O) groups excluding carboxylic acids is 3. The molecule has 1 aliphatic heterocycles. The summed E-state index contributed by atoms with van der Waals surface area (Å²) in [7, 11) is 0. The second-order valence-electron chi connectivity index (χ2n) is 8.48. The van der Waals surface area contributed by atoms with Gasteiger partial charge in [-0.25, -0.2) is 4.39 Å². The first-order valence-electron chi connectivity index (χ1n) is 11.2. The summed E-state index contributed by atoms with van der Waals surface area (Å²) < 4.78 is 13.0. The third-order valence-electron chi connectivity index (χ3n) is 6.00. The highest BCUT2D eigenvalue weighted by atomic mass is 32.2. The van der Waals surface area contributed by atoms with Crippen LogP contribution in [0.1, 0.15) is 51.9 Å². The molecule has 1 heterocycles. The molecule has 1 aromatic rings. The molecule has 1 aliphatic carbocycles. The number of carbonyl (C=O) groups is 3. The minimum atomic E-state index is -0.376. The number of thioether (sulfide) groups is 1. The smallest absolute Gasteiger partial charge is 0.235 e. The van der Waals surface area contributed by atoms with Gasteiger partial charge in [0.05, 0.1) is 16.9 Å². The molecule has 170 valence electrons. The summed E-state index contributed by atoms with van der Waals surface area (Å²) in [5.41, 5.74) is 0.522. The molecule has 1 aromatic carbocycles. The predicted octanol–water partition coefficient (Wildman–Crippen LogP) is 3.57. The van der Waals surface area contributed by atoms with Gasteiger partial charge in [-0.2, -0.15) is 0 Å². The van der Waals surface area contributed by atoms with Gasteiger partial charge in [0, 0.05) is 24.8 Å². The summed E-state index contributed by atoms with van der Waals surface area (Å²) in [6.45, 7) is 2.90. The number of piperidine rings is 1. The van der Waals surface area contributed by atoms with Crippen molar-refractivity contribution in [2.24, 2.45) is 5.92 Å². The second kappa shape index (κ2) is 11.5. The maximum Gasteiger partial charge on any atom is 0.235 e. The van der Waals surface area contributed by atoms with E-state index in [1.165, 1.54) is 55.3 Å². The Morgan fingerprint density at radius 1 is 1.10 bits per heavy atom. The monoisotopic (exact) mass is 449 g/mol. The average Bonchev–Trinajstić information content (AvgIpc) is 2.79. The quantitative estimate of drug-likeness (QED) is 0.667. The largest absolute Gasteiger partial charge is 0.353 e. The van der Waals surface area contributed by atoms with Crippen LogP contribution in [0, 0.1) is 11.7 Å². The van der Waals surface area contributed by atoms with E-state index in [1.807, 2.05) is 0 Å². The van der Waals surface area contributed by atoms with Crippen LogP contribution in [-0.4, -0.2) is 52.8 Å². The molecule has 1 saturated heterocycles. The van der Waals surface area contributed by atoms with Gasteiger partial charge in [-0.3, -0.25) is 14.4 Å². The van der Waals surface area contributed by atoms with Crippen molar-refractivity contribution in [1.29, 1.82) is 0 Å².